The van der Waals surface area contributed by atoms with Crippen LogP contribution in [0.3, 0.4) is 0 Å². The number of methoxy groups -OCH3 is 1. The van der Waals surface area contributed by atoms with Gasteiger partial charge in [0, 0.05) is 22.2 Å². The summed E-state index contributed by atoms with van der Waals surface area (Å²) >= 11 is 10.7. The molecule has 1 aliphatic rings. The lowest BCUT2D eigenvalue weighted by Crippen LogP contribution is -2.22. The van der Waals surface area contributed by atoms with Crippen LogP contribution < -0.4 is 0 Å². The second-order valence-electron chi connectivity index (χ2n) is 6.41. The van der Waals surface area contributed by atoms with E-state index in [4.69, 9.17) is 26.3 Å². The number of allylic oxidation sites excluding steroid dienone is 1. The van der Waals surface area contributed by atoms with Crippen molar-refractivity contribution in [3.05, 3.63) is 67.8 Å². The van der Waals surface area contributed by atoms with Crippen LogP contribution in [0.5, 0.6) is 0 Å². The van der Waals surface area contributed by atoms with Gasteiger partial charge in [-0.15, -0.1) is 34.4 Å². The lowest BCUT2D eigenvalue weighted by molar-refractivity contribution is 0.0606. The Balaban J connectivity index is 1.81. The van der Waals surface area contributed by atoms with Gasteiger partial charge in [-0.25, -0.2) is 9.78 Å². The number of hydrogen-bond donors (Lipinski definition) is 0. The van der Waals surface area contributed by atoms with Crippen molar-refractivity contribution in [2.24, 2.45) is 4.99 Å². The predicted molar refractivity (Wildman–Crippen MR) is 123 cm³/mol. The molecule has 29 heavy (non-hydrogen) atoms. The Labute approximate surface area is 186 Å². The number of thiophene rings is 1. The number of thiazole rings is 1. The van der Waals surface area contributed by atoms with Gasteiger partial charge in [-0.3, -0.25) is 4.99 Å². The number of rotatable bonds is 5. The molecule has 8 heteroatoms. The van der Waals surface area contributed by atoms with Crippen LogP contribution in [0.2, 0.25) is 5.02 Å². The maximum atomic E-state index is 12.0. The molecule has 0 saturated heterocycles. The summed E-state index contributed by atoms with van der Waals surface area (Å²) in [5, 5.41) is 3.60. The number of carbonyl (C=O) groups excluding carboxylic acids is 1. The molecule has 3 heterocycles. The van der Waals surface area contributed by atoms with Gasteiger partial charge in [-0.2, -0.15) is 0 Å². The molecule has 0 aliphatic carbocycles. The normalized spacial score (nSPS) is 17.8. The smallest absolute Gasteiger partial charge is 0.348 e. The van der Waals surface area contributed by atoms with Crippen LogP contribution in [0.1, 0.15) is 25.8 Å². The standard InChI is InChI=1S/C21H17ClN2O2S3/c1-12-9-13(22)5-6-15(12)21(7-4-8-23-21)20-24-16(11-28-20)14-10-17(18(25)26-2)29-19(14)27-3/h4-11H,1-3H3. The zero-order valence-electron chi connectivity index (χ0n) is 15.9. The summed E-state index contributed by atoms with van der Waals surface area (Å²) < 4.78 is 5.91. The Morgan fingerprint density at radius 3 is 2.79 bits per heavy atom. The Hall–Kier alpha value is -1.93. The van der Waals surface area contributed by atoms with Gasteiger partial charge >= 0.3 is 5.97 Å². The number of aromatic nitrogens is 1. The van der Waals surface area contributed by atoms with Gasteiger partial charge in [0.2, 0.25) is 0 Å². The number of thioether (sulfide) groups is 1. The average molecular weight is 461 g/mol. The van der Waals surface area contributed by atoms with Gasteiger partial charge in [-0.1, -0.05) is 17.7 Å². The lowest BCUT2D eigenvalue weighted by Gasteiger charge is -2.24. The summed E-state index contributed by atoms with van der Waals surface area (Å²) in [6, 6.07) is 7.70. The average Bonchev–Trinajstić information content (AvgIpc) is 3.45. The van der Waals surface area contributed by atoms with Gasteiger partial charge in [0.15, 0.2) is 5.54 Å². The molecule has 4 rings (SSSR count). The monoisotopic (exact) mass is 460 g/mol. The van der Waals surface area contributed by atoms with Crippen molar-refractivity contribution >= 4 is 58.2 Å². The minimum atomic E-state index is -0.654. The van der Waals surface area contributed by atoms with Crippen LogP contribution in [0.4, 0.5) is 0 Å². The molecule has 2 aromatic heterocycles. The minimum absolute atomic E-state index is 0.330. The fourth-order valence-electron chi connectivity index (χ4n) is 3.32. The minimum Gasteiger partial charge on any atom is -0.465 e. The molecule has 0 radical (unpaired) electrons. The van der Waals surface area contributed by atoms with Crippen LogP contribution in [-0.2, 0) is 10.3 Å². The van der Waals surface area contributed by atoms with Crippen molar-refractivity contribution in [2.75, 3.05) is 13.4 Å². The molecule has 0 N–H and O–H groups in total. The topological polar surface area (TPSA) is 51.5 Å². The molecule has 1 aliphatic heterocycles. The Kier molecular flexibility index (Phi) is 5.66. The van der Waals surface area contributed by atoms with Gasteiger partial charge in [0.05, 0.1) is 17.0 Å². The van der Waals surface area contributed by atoms with Gasteiger partial charge in [-0.05, 0) is 54.7 Å². The highest BCUT2D eigenvalue weighted by Gasteiger charge is 2.37. The third-order valence-corrected chi connectivity index (χ3v) is 8.13. The van der Waals surface area contributed by atoms with Crippen molar-refractivity contribution in [1.82, 2.24) is 4.98 Å². The van der Waals surface area contributed by atoms with Crippen molar-refractivity contribution in [3.63, 3.8) is 0 Å². The first-order chi connectivity index (χ1) is 14.0. The number of halogens is 1. The van der Waals surface area contributed by atoms with E-state index < -0.39 is 5.54 Å². The molecule has 3 aromatic rings. The highest BCUT2D eigenvalue weighted by Crippen LogP contribution is 2.44. The van der Waals surface area contributed by atoms with E-state index in [1.54, 1.807) is 23.1 Å². The molecule has 0 saturated carbocycles. The van der Waals surface area contributed by atoms with Gasteiger partial charge in [0.25, 0.3) is 0 Å². The quantitative estimate of drug-likeness (QED) is 0.334. The van der Waals surface area contributed by atoms with Crippen molar-refractivity contribution in [2.45, 2.75) is 16.7 Å². The molecule has 0 bridgehead atoms. The van der Waals surface area contributed by atoms with Crippen LogP contribution in [0, 0.1) is 6.92 Å². The Bertz CT molecular complexity index is 1130. The van der Waals surface area contributed by atoms with Crippen LogP contribution >= 0.6 is 46.0 Å². The number of aliphatic imine (C=N–C) groups is 1. The zero-order valence-corrected chi connectivity index (χ0v) is 19.1. The number of aryl methyl sites for hydroxylation is 1. The first-order valence-corrected chi connectivity index (χ1v) is 12.0. The summed E-state index contributed by atoms with van der Waals surface area (Å²) in [6.45, 7) is 2.03. The van der Waals surface area contributed by atoms with Crippen molar-refractivity contribution < 1.29 is 9.53 Å². The third kappa shape index (κ3) is 3.57. The van der Waals surface area contributed by atoms with E-state index in [2.05, 4.69) is 6.08 Å². The summed E-state index contributed by atoms with van der Waals surface area (Å²) in [4.78, 5) is 22.3. The molecule has 148 valence electrons. The fraction of sp³-hybridized carbons (Fsp3) is 0.190. The van der Waals surface area contributed by atoms with Crippen molar-refractivity contribution in [1.29, 1.82) is 0 Å². The van der Waals surface area contributed by atoms with Gasteiger partial charge in [0.1, 0.15) is 9.88 Å². The zero-order chi connectivity index (χ0) is 20.6. The molecule has 1 atom stereocenters. The SMILES string of the molecule is COC(=O)c1cc(-c2csc(C3(c4ccc(Cl)cc4C)C=CC=N3)n2)c(SC)s1. The summed E-state index contributed by atoms with van der Waals surface area (Å²) in [6.07, 6.45) is 7.81. The summed E-state index contributed by atoms with van der Waals surface area (Å²) in [7, 11) is 1.39. The highest BCUT2D eigenvalue weighted by atomic mass is 35.5. The molecule has 0 fully saturated rings. The fourth-order valence-corrected chi connectivity index (χ4v) is 6.31. The summed E-state index contributed by atoms with van der Waals surface area (Å²) in [5.41, 5.74) is 3.24. The number of esters is 1. The second kappa shape index (κ2) is 8.07. The van der Waals surface area contributed by atoms with Crippen LogP contribution in [0.15, 0.2) is 51.0 Å². The van der Waals surface area contributed by atoms with E-state index in [1.165, 1.54) is 18.4 Å². The third-order valence-electron chi connectivity index (χ3n) is 4.68. The van der Waals surface area contributed by atoms with E-state index in [-0.39, 0.29) is 5.97 Å². The number of hydrogen-bond acceptors (Lipinski definition) is 7. The van der Waals surface area contributed by atoms with Crippen molar-refractivity contribution in [3.8, 4) is 11.3 Å². The highest BCUT2D eigenvalue weighted by molar-refractivity contribution is 8.00. The van der Waals surface area contributed by atoms with E-state index in [1.807, 2.05) is 55.1 Å². The number of nitrogens with zero attached hydrogens (tertiary/aromatic N) is 2. The van der Waals surface area contributed by atoms with E-state index in [0.29, 0.717) is 9.90 Å². The molecule has 4 nitrogen and oxygen atoms in total. The molecule has 1 aromatic carbocycles. The number of benzene rings is 1. The largest absolute Gasteiger partial charge is 0.465 e. The maximum Gasteiger partial charge on any atom is 0.348 e. The van der Waals surface area contributed by atoms with Gasteiger partial charge < -0.3 is 4.74 Å². The first kappa shape index (κ1) is 20.3. The lowest BCUT2D eigenvalue weighted by atomic mass is 9.88. The van der Waals surface area contributed by atoms with E-state index in [0.717, 1.165) is 31.6 Å². The van der Waals surface area contributed by atoms with Crippen LogP contribution in [0.25, 0.3) is 11.3 Å². The summed E-state index contributed by atoms with van der Waals surface area (Å²) in [5.74, 6) is -0.330. The molecule has 1 unspecified atom stereocenters. The second-order valence-corrected chi connectivity index (χ2v) is 9.83. The molecular weight excluding hydrogens is 444 g/mol. The van der Waals surface area contributed by atoms with E-state index in [9.17, 15) is 4.79 Å². The number of ether oxygens (including phenoxy) is 1. The number of carbonyl (C=O) groups is 1. The molecule has 0 amide bonds. The van der Waals surface area contributed by atoms with E-state index >= 15 is 0 Å². The Morgan fingerprint density at radius 2 is 2.14 bits per heavy atom. The molecular formula is C21H17ClN2O2S3. The first-order valence-electron chi connectivity index (χ1n) is 8.70. The Morgan fingerprint density at radius 1 is 1.31 bits per heavy atom. The van der Waals surface area contributed by atoms with Crippen LogP contribution in [-0.4, -0.2) is 30.5 Å². The predicted octanol–water partition coefficient (Wildman–Crippen LogP) is 6.23. The molecule has 0 spiro atoms. The maximum absolute atomic E-state index is 12.0.